The number of urea groups is 1. The molecule has 0 saturated carbocycles. The van der Waals surface area contributed by atoms with Gasteiger partial charge in [0.1, 0.15) is 5.82 Å². The van der Waals surface area contributed by atoms with E-state index in [1.165, 1.54) is 24.1 Å². The molecule has 0 saturated heterocycles. The minimum Gasteiger partial charge on any atom is -0.478 e. The second-order valence-electron chi connectivity index (χ2n) is 4.60. The van der Waals surface area contributed by atoms with Crippen molar-refractivity contribution in [1.29, 1.82) is 0 Å². The molecule has 2 amide bonds. The zero-order valence-electron chi connectivity index (χ0n) is 11.8. The van der Waals surface area contributed by atoms with Crippen molar-refractivity contribution in [2.24, 2.45) is 0 Å². The summed E-state index contributed by atoms with van der Waals surface area (Å²) in [5.74, 6) is -2.10. The number of hydrogen-bond donors (Lipinski definition) is 3. The first-order valence-corrected chi connectivity index (χ1v) is 6.62. The number of nitrogens with one attached hydrogen (secondary N) is 1. The van der Waals surface area contributed by atoms with Crippen molar-refractivity contribution in [3.05, 3.63) is 29.6 Å². The zero-order chi connectivity index (χ0) is 15.8. The minimum atomic E-state index is -1.31. The van der Waals surface area contributed by atoms with Gasteiger partial charge >= 0.3 is 12.0 Å². The van der Waals surface area contributed by atoms with E-state index in [1.54, 1.807) is 0 Å². The third kappa shape index (κ3) is 5.03. The highest BCUT2D eigenvalue weighted by Crippen LogP contribution is 2.20. The smallest absolute Gasteiger partial charge is 0.337 e. The second-order valence-corrected chi connectivity index (χ2v) is 4.60. The monoisotopic (exact) mass is 298 g/mol. The van der Waals surface area contributed by atoms with Crippen molar-refractivity contribution in [2.75, 3.05) is 25.5 Å². The highest BCUT2D eigenvalue weighted by Gasteiger charge is 2.18. The average molecular weight is 298 g/mol. The van der Waals surface area contributed by atoms with Crippen molar-refractivity contribution in [2.45, 2.75) is 19.3 Å². The summed E-state index contributed by atoms with van der Waals surface area (Å²) >= 11 is 0. The summed E-state index contributed by atoms with van der Waals surface area (Å²) < 4.78 is 13.7. The molecule has 0 bridgehead atoms. The van der Waals surface area contributed by atoms with E-state index in [9.17, 15) is 14.0 Å². The SMILES string of the molecule is CN(CCCCCO)C(=O)Nc1c(F)cccc1C(=O)O. The fraction of sp³-hybridized carbons (Fsp3) is 0.429. The molecule has 0 fully saturated rings. The number of hydrogen-bond acceptors (Lipinski definition) is 3. The summed E-state index contributed by atoms with van der Waals surface area (Å²) in [6, 6.07) is 3.00. The lowest BCUT2D eigenvalue weighted by molar-refractivity contribution is 0.0697. The highest BCUT2D eigenvalue weighted by atomic mass is 19.1. The van der Waals surface area contributed by atoms with Gasteiger partial charge in [-0.25, -0.2) is 14.0 Å². The lowest BCUT2D eigenvalue weighted by Gasteiger charge is -2.18. The Morgan fingerprint density at radius 2 is 2.00 bits per heavy atom. The van der Waals surface area contributed by atoms with Crippen molar-refractivity contribution in [3.63, 3.8) is 0 Å². The zero-order valence-corrected chi connectivity index (χ0v) is 11.8. The number of para-hydroxylation sites is 1. The summed E-state index contributed by atoms with van der Waals surface area (Å²) in [6.45, 7) is 0.537. The molecule has 1 aromatic carbocycles. The van der Waals surface area contributed by atoms with Gasteiger partial charge < -0.3 is 20.4 Å². The Balaban J connectivity index is 2.68. The number of carboxylic acid groups (broad SMARTS) is 1. The second kappa shape index (κ2) is 8.21. The summed E-state index contributed by atoms with van der Waals surface area (Å²) in [7, 11) is 1.54. The van der Waals surface area contributed by atoms with Crippen LogP contribution in [0.3, 0.4) is 0 Å². The van der Waals surface area contributed by atoms with Crippen LogP contribution in [0.15, 0.2) is 18.2 Å². The number of carbonyl (C=O) groups is 2. The molecule has 0 radical (unpaired) electrons. The quantitative estimate of drug-likeness (QED) is 0.673. The van der Waals surface area contributed by atoms with Crippen LogP contribution in [0.2, 0.25) is 0 Å². The van der Waals surface area contributed by atoms with Crippen LogP contribution < -0.4 is 5.32 Å². The van der Waals surface area contributed by atoms with E-state index in [0.717, 1.165) is 12.5 Å². The summed E-state index contributed by atoms with van der Waals surface area (Å²) in [4.78, 5) is 24.3. The molecule has 0 aliphatic rings. The Labute approximate surface area is 122 Å². The number of carboxylic acids is 1. The molecule has 0 unspecified atom stereocenters. The normalized spacial score (nSPS) is 10.2. The number of aromatic carboxylic acids is 1. The molecular weight excluding hydrogens is 279 g/mol. The lowest BCUT2D eigenvalue weighted by atomic mass is 10.1. The Morgan fingerprint density at radius 3 is 2.62 bits per heavy atom. The van der Waals surface area contributed by atoms with Crippen LogP contribution in [0.5, 0.6) is 0 Å². The van der Waals surface area contributed by atoms with Gasteiger partial charge in [0.05, 0.1) is 11.3 Å². The van der Waals surface area contributed by atoms with E-state index in [0.29, 0.717) is 19.4 Å². The van der Waals surface area contributed by atoms with Crippen LogP contribution in [0.1, 0.15) is 29.6 Å². The van der Waals surface area contributed by atoms with Crippen molar-refractivity contribution < 1.29 is 24.2 Å². The number of benzene rings is 1. The molecule has 1 aromatic rings. The fourth-order valence-electron chi connectivity index (χ4n) is 1.77. The van der Waals surface area contributed by atoms with Crippen LogP contribution in [-0.4, -0.2) is 47.3 Å². The predicted octanol–water partition coefficient (Wildman–Crippen LogP) is 2.15. The summed E-state index contributed by atoms with van der Waals surface area (Å²) in [5.41, 5.74) is -0.630. The van der Waals surface area contributed by atoms with Gasteiger partial charge in [-0.2, -0.15) is 0 Å². The Kier molecular flexibility index (Phi) is 6.61. The van der Waals surface area contributed by atoms with Gasteiger partial charge in [-0.1, -0.05) is 6.07 Å². The maximum atomic E-state index is 13.7. The predicted molar refractivity (Wildman–Crippen MR) is 75.9 cm³/mol. The standard InChI is InChI=1S/C14H19FN2O4/c1-17(8-3-2-4-9-18)14(21)16-12-10(13(19)20)6-5-7-11(12)15/h5-7,18H,2-4,8-9H2,1H3,(H,16,21)(H,19,20). The first-order chi connectivity index (χ1) is 9.97. The molecule has 0 atom stereocenters. The molecule has 7 heteroatoms. The van der Waals surface area contributed by atoms with Crippen LogP contribution in [-0.2, 0) is 0 Å². The van der Waals surface area contributed by atoms with Gasteiger partial charge in [0.15, 0.2) is 0 Å². The van der Waals surface area contributed by atoms with Gasteiger partial charge in [-0.05, 0) is 31.4 Å². The molecule has 21 heavy (non-hydrogen) atoms. The van der Waals surface area contributed by atoms with Crippen LogP contribution in [0.25, 0.3) is 0 Å². The molecule has 1 rings (SSSR count). The Hall–Kier alpha value is -2.15. The molecule has 0 spiro atoms. The first-order valence-electron chi connectivity index (χ1n) is 6.62. The summed E-state index contributed by atoms with van der Waals surface area (Å²) in [5, 5.41) is 19.9. The number of anilines is 1. The third-order valence-corrected chi connectivity index (χ3v) is 2.97. The van der Waals surface area contributed by atoms with E-state index >= 15 is 0 Å². The molecule has 0 aromatic heterocycles. The molecule has 0 aliphatic heterocycles. The molecular formula is C14H19FN2O4. The van der Waals surface area contributed by atoms with E-state index in [1.807, 2.05) is 0 Å². The molecule has 3 N–H and O–H groups in total. The number of aliphatic hydroxyl groups is 1. The lowest BCUT2D eigenvalue weighted by Crippen LogP contribution is -2.33. The van der Waals surface area contributed by atoms with Crippen molar-refractivity contribution >= 4 is 17.7 Å². The van der Waals surface area contributed by atoms with E-state index < -0.39 is 17.8 Å². The maximum absolute atomic E-state index is 13.7. The number of halogens is 1. The summed E-state index contributed by atoms with van der Waals surface area (Å²) in [6.07, 6.45) is 2.13. The van der Waals surface area contributed by atoms with Gasteiger partial charge in [0.2, 0.25) is 0 Å². The van der Waals surface area contributed by atoms with Crippen LogP contribution in [0.4, 0.5) is 14.9 Å². The largest absolute Gasteiger partial charge is 0.478 e. The Morgan fingerprint density at radius 1 is 1.29 bits per heavy atom. The average Bonchev–Trinajstić information content (AvgIpc) is 2.45. The topological polar surface area (TPSA) is 89.9 Å². The Bertz CT molecular complexity index is 508. The molecule has 6 nitrogen and oxygen atoms in total. The van der Waals surface area contributed by atoms with Crippen LogP contribution >= 0.6 is 0 Å². The van der Waals surface area contributed by atoms with Crippen molar-refractivity contribution in [1.82, 2.24) is 4.90 Å². The van der Waals surface area contributed by atoms with Gasteiger partial charge in [-0.15, -0.1) is 0 Å². The number of rotatable bonds is 7. The van der Waals surface area contributed by atoms with Crippen LogP contribution in [0, 0.1) is 5.82 Å². The molecule has 116 valence electrons. The van der Waals surface area contributed by atoms with E-state index in [-0.39, 0.29) is 17.9 Å². The minimum absolute atomic E-state index is 0.104. The van der Waals surface area contributed by atoms with E-state index in [4.69, 9.17) is 10.2 Å². The number of unbranched alkanes of at least 4 members (excludes halogenated alkanes) is 2. The first kappa shape index (κ1) is 16.9. The van der Waals surface area contributed by atoms with Gasteiger partial charge in [0, 0.05) is 20.2 Å². The molecule has 0 aliphatic carbocycles. The molecule has 0 heterocycles. The van der Waals surface area contributed by atoms with E-state index in [2.05, 4.69) is 5.32 Å². The number of aliphatic hydroxyl groups excluding tert-OH is 1. The number of amides is 2. The highest BCUT2D eigenvalue weighted by molar-refractivity contribution is 6.00. The fourth-order valence-corrected chi connectivity index (χ4v) is 1.77. The van der Waals surface area contributed by atoms with Crippen molar-refractivity contribution in [3.8, 4) is 0 Å². The van der Waals surface area contributed by atoms with Gasteiger partial charge in [0.25, 0.3) is 0 Å². The number of nitrogens with zero attached hydrogens (tertiary/aromatic N) is 1. The maximum Gasteiger partial charge on any atom is 0.337 e. The third-order valence-electron chi connectivity index (χ3n) is 2.97. The number of carbonyl (C=O) groups excluding carboxylic acids is 1. The van der Waals surface area contributed by atoms with Gasteiger partial charge in [-0.3, -0.25) is 0 Å².